The van der Waals surface area contributed by atoms with Crippen molar-refractivity contribution in [2.45, 2.75) is 50.7 Å². The zero-order valence-electron chi connectivity index (χ0n) is 25.0. The number of rotatable bonds is 9. The van der Waals surface area contributed by atoms with E-state index in [0.29, 0.717) is 49.7 Å². The Morgan fingerprint density at radius 3 is 2.70 bits per heavy atom. The second kappa shape index (κ2) is 13.0. The first-order valence-electron chi connectivity index (χ1n) is 15.3. The third kappa shape index (κ3) is 6.04. The molecule has 1 saturated carbocycles. The predicted molar refractivity (Wildman–Crippen MR) is 170 cm³/mol. The number of hydrogen-bond acceptors (Lipinski definition) is 8. The molecule has 2 fully saturated rings. The Bertz CT molecular complexity index is 1600. The Labute approximate surface area is 262 Å². The van der Waals surface area contributed by atoms with E-state index >= 15 is 0 Å². The van der Waals surface area contributed by atoms with E-state index in [4.69, 9.17) is 26.3 Å². The van der Waals surface area contributed by atoms with Gasteiger partial charge in [-0.15, -0.1) is 0 Å². The van der Waals surface area contributed by atoms with Crippen molar-refractivity contribution in [2.75, 3.05) is 56.2 Å². The van der Waals surface area contributed by atoms with E-state index in [1.54, 1.807) is 0 Å². The van der Waals surface area contributed by atoms with E-state index in [1.165, 1.54) is 24.2 Å². The normalized spacial score (nSPS) is 18.6. The Kier molecular flexibility index (Phi) is 8.87. The summed E-state index contributed by atoms with van der Waals surface area (Å²) in [5.74, 6) is -1.03. The highest BCUT2D eigenvalue weighted by Crippen LogP contribution is 2.37. The van der Waals surface area contributed by atoms with Gasteiger partial charge in [0.05, 0.1) is 35.8 Å². The molecule has 44 heavy (non-hydrogen) atoms. The Hall–Kier alpha value is -3.94. The molecule has 0 spiro atoms. The fraction of sp³-hybridized carbons (Fsp3) is 0.455. The molecule has 1 saturated heterocycles. The van der Waals surface area contributed by atoms with Crippen LogP contribution in [0.25, 0.3) is 10.8 Å². The summed E-state index contributed by atoms with van der Waals surface area (Å²) < 4.78 is 20.0. The molecule has 1 aliphatic carbocycles. The second-order valence-corrected chi connectivity index (χ2v) is 12.2. The van der Waals surface area contributed by atoms with Crippen molar-refractivity contribution < 1.29 is 13.9 Å². The maximum Gasteiger partial charge on any atom is 0.318 e. The molecule has 2 aliphatic heterocycles. The monoisotopic (exact) mass is 617 g/mol. The summed E-state index contributed by atoms with van der Waals surface area (Å²) in [5.41, 5.74) is 2.95. The van der Waals surface area contributed by atoms with Crippen LogP contribution < -0.4 is 14.5 Å². The quantitative estimate of drug-likeness (QED) is 0.306. The number of halogens is 2. The number of benzene rings is 2. The van der Waals surface area contributed by atoms with Crippen molar-refractivity contribution in [3.8, 4) is 12.1 Å². The highest BCUT2D eigenvalue weighted by atomic mass is 35.5. The number of amides is 1. The Morgan fingerprint density at radius 1 is 1.18 bits per heavy atom. The van der Waals surface area contributed by atoms with E-state index in [-0.39, 0.29) is 13.0 Å². The van der Waals surface area contributed by atoms with Gasteiger partial charge in [-0.25, -0.2) is 4.39 Å². The van der Waals surface area contributed by atoms with Crippen molar-refractivity contribution in [1.29, 1.82) is 5.26 Å². The standard InChI is InChI=1S/C33H37ClFN7O2/c1-22(35)32(43)42-17-16-41(20-25(42)12-14-36)31-26-13-15-40(29-11-4-7-23-6-3-10-27(34)30(23)29)21-28(26)37-33(38-31)44-19-18-39(2)24-8-5-9-24/h3-4,6-7,10-11,24-25H,1,5,8-9,12-13,15-21H2,2H3/t25-/m0/s1. The molecule has 2 aromatic carbocycles. The van der Waals surface area contributed by atoms with Crippen molar-refractivity contribution >= 4 is 39.8 Å². The van der Waals surface area contributed by atoms with Gasteiger partial charge >= 0.3 is 6.01 Å². The molecule has 230 valence electrons. The highest BCUT2D eigenvalue weighted by molar-refractivity contribution is 6.36. The average Bonchev–Trinajstić information content (AvgIpc) is 2.99. The summed E-state index contributed by atoms with van der Waals surface area (Å²) in [6.45, 7) is 6.76. The Balaban J connectivity index is 1.30. The first-order chi connectivity index (χ1) is 21.3. The van der Waals surface area contributed by atoms with Gasteiger partial charge < -0.3 is 24.3 Å². The molecule has 3 aromatic rings. The van der Waals surface area contributed by atoms with Crippen LogP contribution >= 0.6 is 11.6 Å². The average molecular weight is 618 g/mol. The summed E-state index contributed by atoms with van der Waals surface area (Å²) in [7, 11) is 2.13. The van der Waals surface area contributed by atoms with Gasteiger partial charge in [-0.2, -0.15) is 15.2 Å². The fourth-order valence-corrected chi connectivity index (χ4v) is 6.78. The van der Waals surface area contributed by atoms with Crippen LogP contribution in [-0.2, 0) is 17.8 Å². The van der Waals surface area contributed by atoms with E-state index in [1.807, 2.05) is 18.2 Å². The van der Waals surface area contributed by atoms with Gasteiger partial charge in [0.15, 0.2) is 5.83 Å². The van der Waals surface area contributed by atoms with Crippen molar-refractivity contribution in [3.63, 3.8) is 0 Å². The van der Waals surface area contributed by atoms with Crippen molar-refractivity contribution in [3.05, 3.63) is 65.1 Å². The topological polar surface area (TPSA) is 88.8 Å². The number of carbonyl (C=O) groups excluding carboxylic acids is 1. The van der Waals surface area contributed by atoms with Gasteiger partial charge in [-0.3, -0.25) is 4.79 Å². The number of fused-ring (bicyclic) bond motifs is 2. The lowest BCUT2D eigenvalue weighted by molar-refractivity contribution is -0.131. The first kappa shape index (κ1) is 30.1. The predicted octanol–water partition coefficient (Wildman–Crippen LogP) is 5.12. The summed E-state index contributed by atoms with van der Waals surface area (Å²) >= 11 is 6.68. The van der Waals surface area contributed by atoms with Gasteiger partial charge in [0.25, 0.3) is 5.91 Å². The van der Waals surface area contributed by atoms with E-state index in [9.17, 15) is 14.4 Å². The molecular weight excluding hydrogens is 581 g/mol. The lowest BCUT2D eigenvalue weighted by atomic mass is 9.92. The molecule has 6 rings (SSSR count). The van der Waals surface area contributed by atoms with Crippen LogP contribution in [0.15, 0.2) is 48.8 Å². The summed E-state index contributed by atoms with van der Waals surface area (Å²) in [5, 5.41) is 12.3. The highest BCUT2D eigenvalue weighted by Gasteiger charge is 2.35. The molecule has 9 nitrogen and oxygen atoms in total. The Morgan fingerprint density at radius 2 is 1.98 bits per heavy atom. The number of anilines is 2. The van der Waals surface area contributed by atoms with Crippen LogP contribution in [0, 0.1) is 11.3 Å². The molecular formula is C33H37ClFN7O2. The van der Waals surface area contributed by atoms with Gasteiger partial charge in [0, 0.05) is 55.4 Å². The van der Waals surface area contributed by atoms with Gasteiger partial charge in [-0.1, -0.05) is 48.9 Å². The molecule has 3 heterocycles. The second-order valence-electron chi connectivity index (χ2n) is 11.8. The van der Waals surface area contributed by atoms with E-state index < -0.39 is 17.8 Å². The van der Waals surface area contributed by atoms with Gasteiger partial charge in [0.2, 0.25) is 0 Å². The van der Waals surface area contributed by atoms with Crippen LogP contribution in [0.1, 0.15) is 36.9 Å². The number of piperazine rings is 1. The fourth-order valence-electron chi connectivity index (χ4n) is 6.50. The maximum absolute atomic E-state index is 13.8. The number of likely N-dealkylation sites (N-methyl/N-ethyl adjacent to an activating group) is 1. The number of aromatic nitrogens is 2. The van der Waals surface area contributed by atoms with Crippen molar-refractivity contribution in [2.24, 2.45) is 0 Å². The maximum atomic E-state index is 13.8. The van der Waals surface area contributed by atoms with Crippen LogP contribution in [-0.4, -0.2) is 84.1 Å². The minimum absolute atomic E-state index is 0.0786. The first-order valence-corrected chi connectivity index (χ1v) is 15.6. The van der Waals surface area contributed by atoms with Crippen LogP contribution in [0.2, 0.25) is 5.02 Å². The van der Waals surface area contributed by atoms with Crippen LogP contribution in [0.5, 0.6) is 6.01 Å². The minimum atomic E-state index is -1.02. The molecule has 0 radical (unpaired) electrons. The largest absolute Gasteiger partial charge is 0.462 e. The minimum Gasteiger partial charge on any atom is -0.462 e. The number of nitrogens with zero attached hydrogens (tertiary/aromatic N) is 7. The molecule has 0 unspecified atom stereocenters. The third-order valence-corrected chi connectivity index (χ3v) is 9.49. The third-order valence-electron chi connectivity index (χ3n) is 9.17. The summed E-state index contributed by atoms with van der Waals surface area (Å²) in [6, 6.07) is 14.7. The van der Waals surface area contributed by atoms with E-state index in [2.05, 4.69) is 52.6 Å². The molecule has 0 N–H and O–H groups in total. The zero-order chi connectivity index (χ0) is 30.8. The lowest BCUT2D eigenvalue weighted by Crippen LogP contribution is -2.55. The SMILES string of the molecule is C=C(F)C(=O)N1CCN(c2nc(OCCN(C)C3CCC3)nc3c2CCN(c2cccc4cccc(Cl)c24)C3)C[C@@H]1CC#N. The molecule has 3 aliphatic rings. The number of hydrogen-bond donors (Lipinski definition) is 0. The van der Waals surface area contributed by atoms with Crippen molar-refractivity contribution in [1.82, 2.24) is 19.8 Å². The molecule has 1 aromatic heterocycles. The van der Waals surface area contributed by atoms with Crippen LogP contribution in [0.4, 0.5) is 15.9 Å². The molecule has 0 bridgehead atoms. The summed E-state index contributed by atoms with van der Waals surface area (Å²) in [6.07, 6.45) is 4.49. The number of nitriles is 1. The number of carbonyl (C=O) groups is 1. The number of ether oxygens (including phenoxy) is 1. The lowest BCUT2D eigenvalue weighted by Gasteiger charge is -2.42. The van der Waals surface area contributed by atoms with Crippen LogP contribution in [0.3, 0.4) is 0 Å². The van der Waals surface area contributed by atoms with Gasteiger partial charge in [0.1, 0.15) is 12.4 Å². The summed E-state index contributed by atoms with van der Waals surface area (Å²) in [4.78, 5) is 30.4. The zero-order valence-corrected chi connectivity index (χ0v) is 25.8. The molecule has 1 atom stereocenters. The molecule has 1 amide bonds. The van der Waals surface area contributed by atoms with E-state index in [0.717, 1.165) is 46.6 Å². The smallest absolute Gasteiger partial charge is 0.318 e. The molecule has 11 heteroatoms. The van der Waals surface area contributed by atoms with Gasteiger partial charge in [-0.05, 0) is 43.8 Å².